The third-order valence-corrected chi connectivity index (χ3v) is 5.40. The van der Waals surface area contributed by atoms with Crippen LogP contribution in [0.2, 0.25) is 0 Å². The molecule has 2 rings (SSSR count). The minimum absolute atomic E-state index is 0.210. The first-order chi connectivity index (χ1) is 10.1. The SMILES string of the molecule is CN(CCc1ccccc1)S(=O)(=O)c1ccccc1CN. The van der Waals surface area contributed by atoms with Gasteiger partial charge in [0.05, 0.1) is 4.90 Å². The zero-order valence-corrected chi connectivity index (χ0v) is 12.9. The molecule has 4 nitrogen and oxygen atoms in total. The summed E-state index contributed by atoms with van der Waals surface area (Å²) in [6.07, 6.45) is 0.682. The lowest BCUT2D eigenvalue weighted by atomic mass is 10.2. The standard InChI is InChI=1S/C16H20N2O2S/c1-18(12-11-14-7-3-2-4-8-14)21(19,20)16-10-6-5-9-15(16)13-17/h2-10H,11-13,17H2,1H3. The molecule has 0 amide bonds. The summed E-state index contributed by atoms with van der Waals surface area (Å²) in [5, 5.41) is 0. The van der Waals surface area contributed by atoms with Gasteiger partial charge in [-0.25, -0.2) is 12.7 Å². The molecule has 0 atom stereocenters. The fraction of sp³-hybridized carbons (Fsp3) is 0.250. The van der Waals surface area contributed by atoms with E-state index in [1.165, 1.54) is 4.31 Å². The first kappa shape index (κ1) is 15.7. The van der Waals surface area contributed by atoms with Crippen LogP contribution in [-0.4, -0.2) is 26.3 Å². The number of nitrogens with zero attached hydrogens (tertiary/aromatic N) is 1. The number of sulfonamides is 1. The van der Waals surface area contributed by atoms with Crippen LogP contribution in [0.4, 0.5) is 0 Å². The van der Waals surface area contributed by atoms with E-state index in [0.717, 1.165) is 5.56 Å². The molecule has 0 aromatic heterocycles. The van der Waals surface area contributed by atoms with Crippen molar-refractivity contribution in [1.29, 1.82) is 0 Å². The zero-order chi connectivity index (χ0) is 15.3. The quantitative estimate of drug-likeness (QED) is 0.888. The maximum absolute atomic E-state index is 12.6. The molecule has 112 valence electrons. The average Bonchev–Trinajstić information content (AvgIpc) is 2.53. The van der Waals surface area contributed by atoms with E-state index in [0.29, 0.717) is 23.4 Å². The fourth-order valence-electron chi connectivity index (χ4n) is 2.14. The molecule has 0 bridgehead atoms. The number of hydrogen-bond acceptors (Lipinski definition) is 3. The van der Waals surface area contributed by atoms with Crippen molar-refractivity contribution in [1.82, 2.24) is 4.31 Å². The molecule has 0 radical (unpaired) electrons. The molecule has 0 fully saturated rings. The van der Waals surface area contributed by atoms with Crippen molar-refractivity contribution in [3.05, 3.63) is 65.7 Å². The molecular formula is C16H20N2O2S. The second-order valence-corrected chi connectivity index (χ2v) is 6.89. The van der Waals surface area contributed by atoms with Crippen LogP contribution in [0.25, 0.3) is 0 Å². The van der Waals surface area contributed by atoms with E-state index in [9.17, 15) is 8.42 Å². The summed E-state index contributed by atoms with van der Waals surface area (Å²) in [5.41, 5.74) is 7.39. The molecule has 0 heterocycles. The molecule has 2 aromatic rings. The van der Waals surface area contributed by atoms with Crippen LogP contribution in [0, 0.1) is 0 Å². The van der Waals surface area contributed by atoms with E-state index < -0.39 is 10.0 Å². The largest absolute Gasteiger partial charge is 0.326 e. The number of likely N-dealkylation sites (N-methyl/N-ethyl adjacent to an activating group) is 1. The van der Waals surface area contributed by atoms with Gasteiger partial charge in [-0.3, -0.25) is 0 Å². The molecular weight excluding hydrogens is 284 g/mol. The predicted octanol–water partition coefficient (Wildman–Crippen LogP) is 2.01. The van der Waals surface area contributed by atoms with Gasteiger partial charge in [-0.2, -0.15) is 0 Å². The van der Waals surface area contributed by atoms with Crippen LogP contribution in [0.15, 0.2) is 59.5 Å². The van der Waals surface area contributed by atoms with Gasteiger partial charge in [-0.1, -0.05) is 48.5 Å². The summed E-state index contributed by atoms with van der Waals surface area (Å²) in [5.74, 6) is 0. The highest BCUT2D eigenvalue weighted by Crippen LogP contribution is 2.19. The minimum atomic E-state index is -3.50. The van der Waals surface area contributed by atoms with Gasteiger partial charge in [0.25, 0.3) is 0 Å². The first-order valence-electron chi connectivity index (χ1n) is 6.84. The van der Waals surface area contributed by atoms with E-state index in [4.69, 9.17) is 5.73 Å². The van der Waals surface area contributed by atoms with Crippen molar-refractivity contribution in [2.75, 3.05) is 13.6 Å². The number of hydrogen-bond donors (Lipinski definition) is 1. The van der Waals surface area contributed by atoms with E-state index >= 15 is 0 Å². The Morgan fingerprint density at radius 3 is 2.29 bits per heavy atom. The van der Waals surface area contributed by atoms with Crippen LogP contribution >= 0.6 is 0 Å². The maximum Gasteiger partial charge on any atom is 0.243 e. The third kappa shape index (κ3) is 3.69. The molecule has 0 saturated heterocycles. The Bertz CT molecular complexity index is 684. The first-order valence-corrected chi connectivity index (χ1v) is 8.28. The minimum Gasteiger partial charge on any atom is -0.326 e. The summed E-state index contributed by atoms with van der Waals surface area (Å²) < 4.78 is 26.6. The van der Waals surface area contributed by atoms with Crippen molar-refractivity contribution in [3.63, 3.8) is 0 Å². The average molecular weight is 304 g/mol. The van der Waals surface area contributed by atoms with Gasteiger partial charge < -0.3 is 5.73 Å². The van der Waals surface area contributed by atoms with Crippen molar-refractivity contribution >= 4 is 10.0 Å². The smallest absolute Gasteiger partial charge is 0.243 e. The molecule has 2 N–H and O–H groups in total. The fourth-order valence-corrected chi connectivity index (χ4v) is 3.54. The van der Waals surface area contributed by atoms with Crippen LogP contribution in [0.3, 0.4) is 0 Å². The zero-order valence-electron chi connectivity index (χ0n) is 12.1. The normalized spacial score (nSPS) is 11.8. The van der Waals surface area contributed by atoms with E-state index in [1.54, 1.807) is 31.3 Å². The highest BCUT2D eigenvalue weighted by Gasteiger charge is 2.22. The van der Waals surface area contributed by atoms with Crippen molar-refractivity contribution < 1.29 is 8.42 Å². The molecule has 21 heavy (non-hydrogen) atoms. The Balaban J connectivity index is 2.15. The molecule has 2 aromatic carbocycles. The van der Waals surface area contributed by atoms with Crippen molar-refractivity contribution in [2.45, 2.75) is 17.9 Å². The highest BCUT2D eigenvalue weighted by molar-refractivity contribution is 7.89. The summed E-state index contributed by atoms with van der Waals surface area (Å²) in [6.45, 7) is 0.646. The lowest BCUT2D eigenvalue weighted by Gasteiger charge is -2.19. The van der Waals surface area contributed by atoms with E-state index in [-0.39, 0.29) is 6.54 Å². The van der Waals surface area contributed by atoms with Gasteiger partial charge in [0.1, 0.15) is 0 Å². The Labute approximate surface area is 126 Å². The number of nitrogens with two attached hydrogens (primary N) is 1. The van der Waals surface area contributed by atoms with Gasteiger partial charge in [0, 0.05) is 20.1 Å². The monoisotopic (exact) mass is 304 g/mol. The van der Waals surface area contributed by atoms with Crippen LogP contribution < -0.4 is 5.73 Å². The Morgan fingerprint density at radius 1 is 1.00 bits per heavy atom. The molecule has 5 heteroatoms. The Morgan fingerprint density at radius 2 is 1.62 bits per heavy atom. The Kier molecular flexibility index (Phi) is 5.12. The summed E-state index contributed by atoms with van der Waals surface area (Å²) in [7, 11) is -1.90. The van der Waals surface area contributed by atoms with E-state index in [1.807, 2.05) is 30.3 Å². The Hall–Kier alpha value is -1.69. The summed E-state index contributed by atoms with van der Waals surface area (Å²) in [4.78, 5) is 0.295. The maximum atomic E-state index is 12.6. The van der Waals surface area contributed by atoms with Crippen LogP contribution in [-0.2, 0) is 23.0 Å². The lowest BCUT2D eigenvalue weighted by molar-refractivity contribution is 0.471. The predicted molar refractivity (Wildman–Crippen MR) is 84.3 cm³/mol. The second-order valence-electron chi connectivity index (χ2n) is 4.87. The number of benzene rings is 2. The van der Waals surface area contributed by atoms with Crippen molar-refractivity contribution in [2.24, 2.45) is 5.73 Å². The van der Waals surface area contributed by atoms with E-state index in [2.05, 4.69) is 0 Å². The van der Waals surface area contributed by atoms with Crippen LogP contribution in [0.5, 0.6) is 0 Å². The van der Waals surface area contributed by atoms with Gasteiger partial charge in [0.15, 0.2) is 0 Å². The van der Waals surface area contributed by atoms with Gasteiger partial charge in [-0.15, -0.1) is 0 Å². The molecule has 0 aliphatic heterocycles. The molecule has 0 aliphatic carbocycles. The van der Waals surface area contributed by atoms with Gasteiger partial charge in [0.2, 0.25) is 10.0 Å². The highest BCUT2D eigenvalue weighted by atomic mass is 32.2. The molecule has 0 spiro atoms. The topological polar surface area (TPSA) is 63.4 Å². The van der Waals surface area contributed by atoms with Crippen LogP contribution in [0.1, 0.15) is 11.1 Å². The molecule has 0 unspecified atom stereocenters. The van der Waals surface area contributed by atoms with Crippen molar-refractivity contribution in [3.8, 4) is 0 Å². The second kappa shape index (κ2) is 6.85. The van der Waals surface area contributed by atoms with Gasteiger partial charge >= 0.3 is 0 Å². The lowest BCUT2D eigenvalue weighted by Crippen LogP contribution is -2.30. The number of rotatable bonds is 6. The molecule has 0 aliphatic rings. The van der Waals surface area contributed by atoms with Gasteiger partial charge in [-0.05, 0) is 23.6 Å². The molecule has 0 saturated carbocycles. The summed E-state index contributed by atoms with van der Waals surface area (Å²) >= 11 is 0. The summed E-state index contributed by atoms with van der Waals surface area (Å²) in [6, 6.07) is 16.7. The third-order valence-electron chi connectivity index (χ3n) is 3.44.